The number of nitrogens with zero attached hydrogens (tertiary/aromatic N) is 1. The van der Waals surface area contributed by atoms with Gasteiger partial charge in [0.2, 0.25) is 0 Å². The van der Waals surface area contributed by atoms with Gasteiger partial charge >= 0.3 is 5.97 Å². The van der Waals surface area contributed by atoms with Crippen molar-refractivity contribution in [3.63, 3.8) is 0 Å². The maximum absolute atomic E-state index is 10.7. The van der Waals surface area contributed by atoms with Gasteiger partial charge in [0, 0.05) is 18.0 Å². The van der Waals surface area contributed by atoms with E-state index in [2.05, 4.69) is 4.98 Å². The third-order valence-corrected chi connectivity index (χ3v) is 2.30. The number of carboxylic acid groups (broad SMARTS) is 1. The molecule has 0 bridgehead atoms. The van der Waals surface area contributed by atoms with Crippen LogP contribution in [-0.2, 0) is 4.79 Å². The lowest BCUT2D eigenvalue weighted by atomic mass is 10.0. The van der Waals surface area contributed by atoms with Crippen LogP contribution in [0.5, 0.6) is 0 Å². The third-order valence-electron chi connectivity index (χ3n) is 1.69. The van der Waals surface area contributed by atoms with E-state index in [1.54, 1.807) is 0 Å². The van der Waals surface area contributed by atoms with Crippen LogP contribution < -0.4 is 0 Å². The van der Waals surface area contributed by atoms with E-state index >= 15 is 0 Å². The fourth-order valence-corrected chi connectivity index (χ4v) is 1.65. The van der Waals surface area contributed by atoms with Crippen molar-refractivity contribution in [2.24, 2.45) is 0 Å². The molecule has 0 aromatic carbocycles. The Kier molecular flexibility index (Phi) is 3.12. The number of pyridine rings is 1. The van der Waals surface area contributed by atoms with E-state index in [1.807, 2.05) is 0 Å². The van der Waals surface area contributed by atoms with Crippen LogP contribution in [-0.4, -0.2) is 16.1 Å². The molecular formula is C8H7Cl2NO2. The normalized spacial score (nSPS) is 12.5. The number of hydrogen-bond donors (Lipinski definition) is 1. The Balaban J connectivity index is 3.20. The second-order valence-electron chi connectivity index (χ2n) is 2.58. The quantitative estimate of drug-likeness (QED) is 0.833. The molecule has 0 aliphatic heterocycles. The first kappa shape index (κ1) is 10.3. The third kappa shape index (κ3) is 2.11. The van der Waals surface area contributed by atoms with E-state index in [4.69, 9.17) is 28.3 Å². The van der Waals surface area contributed by atoms with E-state index in [0.717, 1.165) is 0 Å². The highest BCUT2D eigenvalue weighted by atomic mass is 35.5. The molecule has 0 aliphatic rings. The second kappa shape index (κ2) is 3.94. The zero-order valence-corrected chi connectivity index (χ0v) is 8.30. The maximum atomic E-state index is 10.7. The van der Waals surface area contributed by atoms with Crippen LogP contribution in [0, 0.1) is 0 Å². The summed E-state index contributed by atoms with van der Waals surface area (Å²) in [4.78, 5) is 14.4. The lowest BCUT2D eigenvalue weighted by Crippen LogP contribution is -2.08. The molecule has 1 heterocycles. The molecule has 1 unspecified atom stereocenters. The summed E-state index contributed by atoms with van der Waals surface area (Å²) in [6.07, 6.45) is 2.75. The summed E-state index contributed by atoms with van der Waals surface area (Å²) in [5.41, 5.74) is 0.408. The zero-order chi connectivity index (χ0) is 10.0. The maximum Gasteiger partial charge on any atom is 0.310 e. The largest absolute Gasteiger partial charge is 0.481 e. The van der Waals surface area contributed by atoms with Crippen LogP contribution in [0.1, 0.15) is 18.4 Å². The Morgan fingerprint density at radius 2 is 1.92 bits per heavy atom. The molecule has 1 N–H and O–H groups in total. The van der Waals surface area contributed by atoms with Crippen LogP contribution in [0.15, 0.2) is 12.4 Å². The van der Waals surface area contributed by atoms with Gasteiger partial charge in [-0.3, -0.25) is 9.78 Å². The molecule has 0 saturated carbocycles. The highest BCUT2D eigenvalue weighted by Crippen LogP contribution is 2.30. The summed E-state index contributed by atoms with van der Waals surface area (Å²) in [7, 11) is 0. The summed E-state index contributed by atoms with van der Waals surface area (Å²) >= 11 is 11.5. The Bertz CT molecular complexity index is 321. The van der Waals surface area contributed by atoms with E-state index in [-0.39, 0.29) is 10.0 Å². The van der Waals surface area contributed by atoms with Gasteiger partial charge in [-0.2, -0.15) is 0 Å². The Labute approximate surface area is 85.3 Å². The fraction of sp³-hybridized carbons (Fsp3) is 0.250. The first-order valence-corrected chi connectivity index (χ1v) is 4.31. The van der Waals surface area contributed by atoms with Crippen molar-refractivity contribution in [1.82, 2.24) is 4.98 Å². The van der Waals surface area contributed by atoms with Crippen LogP contribution >= 0.6 is 23.2 Å². The minimum absolute atomic E-state index is 0.280. The van der Waals surface area contributed by atoms with Crippen molar-refractivity contribution in [3.8, 4) is 0 Å². The molecular weight excluding hydrogens is 213 g/mol. The molecule has 5 heteroatoms. The van der Waals surface area contributed by atoms with Gasteiger partial charge in [0.25, 0.3) is 0 Å². The topological polar surface area (TPSA) is 50.2 Å². The van der Waals surface area contributed by atoms with Crippen molar-refractivity contribution in [2.45, 2.75) is 12.8 Å². The number of aliphatic carboxylic acids is 1. The molecule has 1 atom stereocenters. The molecule has 0 radical (unpaired) electrons. The summed E-state index contributed by atoms with van der Waals surface area (Å²) < 4.78 is 0. The first-order chi connectivity index (χ1) is 6.04. The number of carboxylic acids is 1. The van der Waals surface area contributed by atoms with E-state index in [1.165, 1.54) is 19.3 Å². The smallest absolute Gasteiger partial charge is 0.310 e. The predicted octanol–water partition coefficient (Wildman–Crippen LogP) is 2.58. The van der Waals surface area contributed by atoms with Crippen molar-refractivity contribution >= 4 is 29.2 Å². The number of carbonyl (C=O) groups is 1. The second-order valence-corrected chi connectivity index (χ2v) is 3.39. The molecule has 0 aliphatic carbocycles. The number of aromatic nitrogens is 1. The van der Waals surface area contributed by atoms with Gasteiger partial charge in [0.1, 0.15) is 0 Å². The van der Waals surface area contributed by atoms with Crippen molar-refractivity contribution in [2.75, 3.05) is 0 Å². The fourth-order valence-electron chi connectivity index (χ4n) is 0.958. The van der Waals surface area contributed by atoms with Crippen LogP contribution in [0.3, 0.4) is 0 Å². The first-order valence-electron chi connectivity index (χ1n) is 3.55. The van der Waals surface area contributed by atoms with Crippen molar-refractivity contribution < 1.29 is 9.90 Å². The molecule has 0 spiro atoms. The van der Waals surface area contributed by atoms with Gasteiger partial charge < -0.3 is 5.11 Å². The molecule has 3 nitrogen and oxygen atoms in total. The minimum atomic E-state index is -0.963. The van der Waals surface area contributed by atoms with Crippen molar-refractivity contribution in [3.05, 3.63) is 28.0 Å². The highest BCUT2D eigenvalue weighted by Gasteiger charge is 2.19. The summed E-state index contributed by atoms with van der Waals surface area (Å²) in [6, 6.07) is 0. The SMILES string of the molecule is CC(C(=O)O)c1c(Cl)cncc1Cl. The standard InChI is InChI=1S/C8H7Cl2NO2/c1-4(8(12)13)7-5(9)2-11-3-6(7)10/h2-4H,1H3,(H,12,13). The van der Waals surface area contributed by atoms with Gasteiger partial charge in [-0.15, -0.1) is 0 Å². The number of rotatable bonds is 2. The lowest BCUT2D eigenvalue weighted by Gasteiger charge is -2.09. The summed E-state index contributed by atoms with van der Waals surface area (Å²) in [5.74, 6) is -1.68. The van der Waals surface area contributed by atoms with Gasteiger partial charge in [-0.05, 0) is 6.92 Å². The molecule has 70 valence electrons. The molecule has 0 saturated heterocycles. The molecule has 1 rings (SSSR count). The summed E-state index contributed by atoms with van der Waals surface area (Å²) in [5, 5.41) is 9.31. The van der Waals surface area contributed by atoms with Gasteiger partial charge in [0.05, 0.1) is 16.0 Å². The van der Waals surface area contributed by atoms with Crippen LogP contribution in [0.2, 0.25) is 10.0 Å². The zero-order valence-electron chi connectivity index (χ0n) is 6.79. The van der Waals surface area contributed by atoms with E-state index in [0.29, 0.717) is 5.56 Å². The molecule has 0 fully saturated rings. The van der Waals surface area contributed by atoms with E-state index < -0.39 is 11.9 Å². The van der Waals surface area contributed by atoms with Crippen LogP contribution in [0.4, 0.5) is 0 Å². The average molecular weight is 220 g/mol. The Morgan fingerprint density at radius 3 is 2.31 bits per heavy atom. The molecule has 0 amide bonds. The molecule has 1 aromatic rings. The predicted molar refractivity (Wildman–Crippen MR) is 50.3 cm³/mol. The average Bonchev–Trinajstić information content (AvgIpc) is 2.03. The Hall–Kier alpha value is -0.800. The summed E-state index contributed by atoms with van der Waals surface area (Å²) in [6.45, 7) is 1.52. The lowest BCUT2D eigenvalue weighted by molar-refractivity contribution is -0.138. The number of hydrogen-bond acceptors (Lipinski definition) is 2. The van der Waals surface area contributed by atoms with E-state index in [9.17, 15) is 4.79 Å². The van der Waals surface area contributed by atoms with Crippen molar-refractivity contribution in [1.29, 1.82) is 0 Å². The minimum Gasteiger partial charge on any atom is -0.481 e. The Morgan fingerprint density at radius 1 is 1.46 bits per heavy atom. The highest BCUT2D eigenvalue weighted by molar-refractivity contribution is 6.36. The van der Waals surface area contributed by atoms with Crippen LogP contribution in [0.25, 0.3) is 0 Å². The van der Waals surface area contributed by atoms with Gasteiger partial charge in [-0.1, -0.05) is 23.2 Å². The molecule has 1 aromatic heterocycles. The number of halogens is 2. The van der Waals surface area contributed by atoms with Gasteiger partial charge in [-0.25, -0.2) is 0 Å². The monoisotopic (exact) mass is 219 g/mol. The van der Waals surface area contributed by atoms with Gasteiger partial charge in [0.15, 0.2) is 0 Å². The molecule has 13 heavy (non-hydrogen) atoms.